The first kappa shape index (κ1) is 13.1. The third-order valence-corrected chi connectivity index (χ3v) is 3.14. The summed E-state index contributed by atoms with van der Waals surface area (Å²) in [4.78, 5) is 12.3. The first-order valence-corrected chi connectivity index (χ1v) is 6.01. The van der Waals surface area contributed by atoms with E-state index in [0.29, 0.717) is 0 Å². The predicted octanol–water partition coefficient (Wildman–Crippen LogP) is 1.44. The van der Waals surface area contributed by atoms with Crippen molar-refractivity contribution in [1.82, 2.24) is 10.6 Å². The Morgan fingerprint density at radius 1 is 1.62 bits per heavy atom. The van der Waals surface area contributed by atoms with E-state index in [4.69, 9.17) is 6.42 Å². The van der Waals surface area contributed by atoms with Gasteiger partial charge in [-0.25, -0.2) is 0 Å². The second-order valence-corrected chi connectivity index (χ2v) is 5.09. The number of carbonyl (C=O) groups excluding carboxylic acids is 1. The second kappa shape index (κ2) is 4.88. The summed E-state index contributed by atoms with van der Waals surface area (Å²) in [5, 5.41) is 6.27. The van der Waals surface area contributed by atoms with E-state index in [2.05, 4.69) is 23.5 Å². The molecule has 16 heavy (non-hydrogen) atoms. The Labute approximate surface area is 98.4 Å². The second-order valence-electron chi connectivity index (χ2n) is 5.09. The van der Waals surface area contributed by atoms with Gasteiger partial charge in [-0.15, -0.1) is 6.42 Å². The molecule has 1 aliphatic heterocycles. The van der Waals surface area contributed by atoms with Crippen molar-refractivity contribution in [2.45, 2.75) is 57.5 Å². The van der Waals surface area contributed by atoms with Crippen molar-refractivity contribution in [2.75, 3.05) is 6.54 Å². The molecule has 1 rings (SSSR count). The van der Waals surface area contributed by atoms with Crippen molar-refractivity contribution in [2.24, 2.45) is 0 Å². The Balaban J connectivity index is 2.73. The van der Waals surface area contributed by atoms with Crippen LogP contribution >= 0.6 is 0 Å². The molecule has 0 aromatic carbocycles. The van der Waals surface area contributed by atoms with Crippen LogP contribution in [0.1, 0.15) is 46.5 Å². The van der Waals surface area contributed by atoms with Crippen molar-refractivity contribution < 1.29 is 4.79 Å². The molecule has 0 spiro atoms. The molecular weight excluding hydrogens is 200 g/mol. The highest BCUT2D eigenvalue weighted by atomic mass is 16.2. The van der Waals surface area contributed by atoms with Crippen molar-refractivity contribution in [3.05, 3.63) is 0 Å². The minimum Gasteiger partial charge on any atom is -0.339 e. The molecule has 1 aliphatic rings. The summed E-state index contributed by atoms with van der Waals surface area (Å²) in [5.41, 5.74) is -0.953. The maximum atomic E-state index is 12.3. The van der Waals surface area contributed by atoms with E-state index in [9.17, 15) is 4.79 Å². The van der Waals surface area contributed by atoms with E-state index in [1.807, 2.05) is 13.8 Å². The maximum absolute atomic E-state index is 12.3. The number of hydrogen-bond donors (Lipinski definition) is 2. The zero-order chi connectivity index (χ0) is 12.2. The first-order chi connectivity index (χ1) is 7.46. The van der Waals surface area contributed by atoms with Crippen LogP contribution in [0, 0.1) is 12.3 Å². The summed E-state index contributed by atoms with van der Waals surface area (Å²) < 4.78 is 0. The van der Waals surface area contributed by atoms with E-state index in [0.717, 1.165) is 32.2 Å². The van der Waals surface area contributed by atoms with Gasteiger partial charge in [0.15, 0.2) is 0 Å². The summed E-state index contributed by atoms with van der Waals surface area (Å²) in [7, 11) is 0. The van der Waals surface area contributed by atoms with Crippen LogP contribution < -0.4 is 10.6 Å². The number of nitrogens with one attached hydrogen (secondary N) is 2. The van der Waals surface area contributed by atoms with Gasteiger partial charge >= 0.3 is 0 Å². The molecular formula is C13H22N2O. The zero-order valence-electron chi connectivity index (χ0n) is 10.5. The minimum atomic E-state index is -0.567. The number of terminal acetylenes is 1. The third-order valence-electron chi connectivity index (χ3n) is 3.14. The largest absolute Gasteiger partial charge is 0.339 e. The highest BCUT2D eigenvalue weighted by Crippen LogP contribution is 2.25. The fourth-order valence-electron chi connectivity index (χ4n) is 2.19. The average Bonchev–Trinajstić information content (AvgIpc) is 2.68. The van der Waals surface area contributed by atoms with Gasteiger partial charge in [-0.2, -0.15) is 0 Å². The molecule has 3 nitrogen and oxygen atoms in total. The van der Waals surface area contributed by atoms with Gasteiger partial charge in [-0.1, -0.05) is 19.3 Å². The Kier molecular flexibility index (Phi) is 3.98. The summed E-state index contributed by atoms with van der Waals surface area (Å²) in [6.07, 6.45) is 9.23. The van der Waals surface area contributed by atoms with Crippen LogP contribution in [0.5, 0.6) is 0 Å². The summed E-state index contributed by atoms with van der Waals surface area (Å²) >= 11 is 0. The lowest BCUT2D eigenvalue weighted by Crippen LogP contribution is -2.58. The molecule has 0 aromatic rings. The average molecular weight is 222 g/mol. The van der Waals surface area contributed by atoms with E-state index in [-0.39, 0.29) is 11.4 Å². The standard InChI is InChI=1S/C13H22N2O/c1-5-8-13(9-7-10-14-13)11(16)15-12(3,4)6-2/h2,14H,5,7-10H2,1,3-4H3,(H,15,16). The van der Waals surface area contributed by atoms with E-state index in [1.165, 1.54) is 0 Å². The summed E-state index contributed by atoms with van der Waals surface area (Å²) in [6, 6.07) is 0. The molecule has 1 saturated heterocycles. The molecule has 0 bridgehead atoms. The Hall–Kier alpha value is -1.01. The van der Waals surface area contributed by atoms with Crippen molar-refractivity contribution in [3.8, 4) is 12.3 Å². The quantitative estimate of drug-likeness (QED) is 0.707. The van der Waals surface area contributed by atoms with Gasteiger partial charge in [0.05, 0.1) is 11.1 Å². The number of hydrogen-bond acceptors (Lipinski definition) is 2. The molecule has 90 valence electrons. The van der Waals surface area contributed by atoms with Gasteiger partial charge in [-0.3, -0.25) is 4.79 Å². The molecule has 1 atom stereocenters. The smallest absolute Gasteiger partial charge is 0.241 e. The molecule has 1 amide bonds. The summed E-state index contributed by atoms with van der Waals surface area (Å²) in [5.74, 6) is 2.65. The van der Waals surface area contributed by atoms with Crippen LogP contribution in [0.25, 0.3) is 0 Å². The monoisotopic (exact) mass is 222 g/mol. The molecule has 0 aromatic heterocycles. The van der Waals surface area contributed by atoms with Crippen molar-refractivity contribution in [1.29, 1.82) is 0 Å². The normalized spacial score (nSPS) is 25.1. The third kappa shape index (κ3) is 2.76. The van der Waals surface area contributed by atoms with Crippen LogP contribution in [0.15, 0.2) is 0 Å². The minimum absolute atomic E-state index is 0.0507. The highest BCUT2D eigenvalue weighted by Gasteiger charge is 2.41. The van der Waals surface area contributed by atoms with Crippen LogP contribution in [0.3, 0.4) is 0 Å². The Morgan fingerprint density at radius 3 is 2.75 bits per heavy atom. The molecule has 2 N–H and O–H groups in total. The van der Waals surface area contributed by atoms with Crippen molar-refractivity contribution in [3.63, 3.8) is 0 Å². The first-order valence-electron chi connectivity index (χ1n) is 6.01. The molecule has 1 unspecified atom stereocenters. The van der Waals surface area contributed by atoms with Crippen LogP contribution in [0.2, 0.25) is 0 Å². The molecule has 0 saturated carbocycles. The van der Waals surface area contributed by atoms with E-state index >= 15 is 0 Å². The molecule has 0 aliphatic carbocycles. The SMILES string of the molecule is C#CC(C)(C)NC(=O)C1(CCC)CCCN1. The number of rotatable bonds is 4. The van der Waals surface area contributed by atoms with Gasteiger partial charge in [0, 0.05) is 0 Å². The van der Waals surface area contributed by atoms with Crippen molar-refractivity contribution >= 4 is 5.91 Å². The Bertz CT molecular complexity index is 296. The predicted molar refractivity (Wildman–Crippen MR) is 65.9 cm³/mol. The van der Waals surface area contributed by atoms with Crippen LogP contribution in [0.4, 0.5) is 0 Å². The number of amides is 1. The molecule has 1 heterocycles. The van der Waals surface area contributed by atoms with Crippen LogP contribution in [-0.4, -0.2) is 23.5 Å². The summed E-state index contributed by atoms with van der Waals surface area (Å²) in [6.45, 7) is 6.71. The fraction of sp³-hybridized carbons (Fsp3) is 0.769. The maximum Gasteiger partial charge on any atom is 0.241 e. The molecule has 0 radical (unpaired) electrons. The number of carbonyl (C=O) groups is 1. The lowest BCUT2D eigenvalue weighted by Gasteiger charge is -2.31. The fourth-order valence-corrected chi connectivity index (χ4v) is 2.19. The lowest BCUT2D eigenvalue weighted by atomic mass is 9.89. The highest BCUT2D eigenvalue weighted by molar-refractivity contribution is 5.87. The van der Waals surface area contributed by atoms with E-state index in [1.54, 1.807) is 0 Å². The van der Waals surface area contributed by atoms with Gasteiger partial charge in [0.1, 0.15) is 0 Å². The topological polar surface area (TPSA) is 41.1 Å². The van der Waals surface area contributed by atoms with Gasteiger partial charge < -0.3 is 10.6 Å². The van der Waals surface area contributed by atoms with Gasteiger partial charge in [-0.05, 0) is 39.7 Å². The van der Waals surface area contributed by atoms with Crippen LogP contribution in [-0.2, 0) is 4.79 Å². The lowest BCUT2D eigenvalue weighted by molar-refractivity contribution is -0.128. The molecule has 1 fully saturated rings. The molecule has 3 heteroatoms. The Morgan fingerprint density at radius 2 is 2.31 bits per heavy atom. The van der Waals surface area contributed by atoms with E-state index < -0.39 is 5.54 Å². The van der Waals surface area contributed by atoms with Gasteiger partial charge in [0.2, 0.25) is 5.91 Å². The zero-order valence-corrected chi connectivity index (χ0v) is 10.5. The van der Waals surface area contributed by atoms with Gasteiger partial charge in [0.25, 0.3) is 0 Å².